The summed E-state index contributed by atoms with van der Waals surface area (Å²) in [5, 5.41) is 2.90. The van der Waals surface area contributed by atoms with Crippen molar-refractivity contribution in [2.75, 3.05) is 39.0 Å². The highest BCUT2D eigenvalue weighted by Gasteiger charge is 2.18. The Morgan fingerprint density at radius 3 is 3.05 bits per heavy atom. The molecule has 1 amide bonds. The third-order valence-electron chi connectivity index (χ3n) is 3.36. The number of carbonyl (C=O) groups excluding carboxylic acids is 1. The maximum atomic E-state index is 12.0. The molecule has 3 N–H and O–H groups in total. The number of hydrogen-bond donors (Lipinski definition) is 2. The predicted octanol–water partition coefficient (Wildman–Crippen LogP) is 0.638. The van der Waals surface area contributed by atoms with E-state index in [4.69, 9.17) is 10.5 Å². The summed E-state index contributed by atoms with van der Waals surface area (Å²) in [4.78, 5) is 14.2. The van der Waals surface area contributed by atoms with Crippen LogP contribution in [0, 0.1) is 6.92 Å². The van der Waals surface area contributed by atoms with Crippen molar-refractivity contribution in [3.63, 3.8) is 0 Å². The molecule has 5 heteroatoms. The maximum Gasteiger partial charge on any atom is 0.251 e. The normalized spacial score (nSPS) is 20.2. The van der Waals surface area contributed by atoms with Crippen LogP contribution >= 0.6 is 0 Å². The molecule has 0 spiro atoms. The summed E-state index contributed by atoms with van der Waals surface area (Å²) >= 11 is 0. The van der Waals surface area contributed by atoms with Gasteiger partial charge in [0.2, 0.25) is 0 Å². The largest absolute Gasteiger partial charge is 0.399 e. The Hall–Kier alpha value is -1.59. The van der Waals surface area contributed by atoms with Gasteiger partial charge in [-0.05, 0) is 37.7 Å². The molecule has 1 aliphatic rings. The average Bonchev–Trinajstić information content (AvgIpc) is 2.39. The molecule has 1 saturated heterocycles. The summed E-state index contributed by atoms with van der Waals surface area (Å²) in [6, 6.07) is 5.30. The van der Waals surface area contributed by atoms with E-state index in [9.17, 15) is 4.79 Å². The number of nitrogen functional groups attached to an aromatic ring is 1. The van der Waals surface area contributed by atoms with Gasteiger partial charge in [-0.1, -0.05) is 0 Å². The van der Waals surface area contributed by atoms with Crippen LogP contribution in [0.2, 0.25) is 0 Å². The molecule has 1 aromatic rings. The molecule has 5 nitrogen and oxygen atoms in total. The van der Waals surface area contributed by atoms with Gasteiger partial charge in [0.15, 0.2) is 0 Å². The Morgan fingerprint density at radius 1 is 1.58 bits per heavy atom. The van der Waals surface area contributed by atoms with Gasteiger partial charge in [-0.3, -0.25) is 4.79 Å². The first-order valence-corrected chi connectivity index (χ1v) is 6.50. The number of ether oxygens (including phenoxy) is 1. The van der Waals surface area contributed by atoms with Crippen LogP contribution in [0.25, 0.3) is 0 Å². The van der Waals surface area contributed by atoms with E-state index in [1.165, 1.54) is 0 Å². The first kappa shape index (κ1) is 13.8. The van der Waals surface area contributed by atoms with Crippen LogP contribution in [-0.4, -0.2) is 50.2 Å². The number of anilines is 1. The van der Waals surface area contributed by atoms with Gasteiger partial charge in [0.1, 0.15) is 0 Å². The van der Waals surface area contributed by atoms with E-state index in [0.717, 1.165) is 25.3 Å². The molecule has 1 aliphatic heterocycles. The van der Waals surface area contributed by atoms with Crippen molar-refractivity contribution in [3.8, 4) is 0 Å². The topological polar surface area (TPSA) is 67.6 Å². The average molecular weight is 263 g/mol. The lowest BCUT2D eigenvalue weighted by Gasteiger charge is -2.30. The zero-order valence-electron chi connectivity index (χ0n) is 11.5. The second kappa shape index (κ2) is 6.04. The van der Waals surface area contributed by atoms with Crippen LogP contribution < -0.4 is 11.1 Å². The molecule has 19 heavy (non-hydrogen) atoms. The SMILES string of the molecule is Cc1cc(C(=O)NCC2CN(C)CCO2)ccc1N. The fourth-order valence-corrected chi connectivity index (χ4v) is 2.12. The molecule has 1 aromatic carbocycles. The number of nitrogens with two attached hydrogens (primary N) is 1. The molecule has 1 fully saturated rings. The van der Waals surface area contributed by atoms with Gasteiger partial charge in [0, 0.05) is 30.9 Å². The van der Waals surface area contributed by atoms with Gasteiger partial charge >= 0.3 is 0 Å². The summed E-state index contributed by atoms with van der Waals surface area (Å²) in [7, 11) is 2.06. The molecule has 1 atom stereocenters. The summed E-state index contributed by atoms with van der Waals surface area (Å²) in [5.74, 6) is -0.0834. The smallest absolute Gasteiger partial charge is 0.251 e. The monoisotopic (exact) mass is 263 g/mol. The standard InChI is InChI=1S/C14H21N3O2/c1-10-7-11(3-4-13(10)15)14(18)16-8-12-9-17(2)5-6-19-12/h3-4,7,12H,5-6,8-9,15H2,1-2H3,(H,16,18). The van der Waals surface area contributed by atoms with Gasteiger partial charge < -0.3 is 20.7 Å². The minimum Gasteiger partial charge on any atom is -0.399 e. The van der Waals surface area contributed by atoms with E-state index in [0.29, 0.717) is 17.8 Å². The van der Waals surface area contributed by atoms with Crippen molar-refractivity contribution in [1.82, 2.24) is 10.2 Å². The first-order chi connectivity index (χ1) is 9.06. The molecule has 0 radical (unpaired) electrons. The zero-order chi connectivity index (χ0) is 13.8. The van der Waals surface area contributed by atoms with Crippen molar-refractivity contribution in [1.29, 1.82) is 0 Å². The molecule has 2 rings (SSSR count). The number of nitrogens with one attached hydrogen (secondary N) is 1. The van der Waals surface area contributed by atoms with E-state index >= 15 is 0 Å². The van der Waals surface area contributed by atoms with E-state index in [2.05, 4.69) is 17.3 Å². The van der Waals surface area contributed by atoms with Gasteiger partial charge in [0.05, 0.1) is 12.7 Å². The Kier molecular flexibility index (Phi) is 4.39. The van der Waals surface area contributed by atoms with Gasteiger partial charge in [-0.25, -0.2) is 0 Å². The zero-order valence-corrected chi connectivity index (χ0v) is 11.5. The highest BCUT2D eigenvalue weighted by molar-refractivity contribution is 5.94. The lowest BCUT2D eigenvalue weighted by atomic mass is 10.1. The third kappa shape index (κ3) is 3.68. The van der Waals surface area contributed by atoms with Crippen LogP contribution in [0.1, 0.15) is 15.9 Å². The Balaban J connectivity index is 1.88. The van der Waals surface area contributed by atoms with Crippen molar-refractivity contribution >= 4 is 11.6 Å². The predicted molar refractivity (Wildman–Crippen MR) is 75.2 cm³/mol. The molecule has 1 heterocycles. The molecule has 1 unspecified atom stereocenters. The van der Waals surface area contributed by atoms with Crippen LogP contribution in [0.4, 0.5) is 5.69 Å². The number of benzene rings is 1. The highest BCUT2D eigenvalue weighted by atomic mass is 16.5. The molecule has 0 aliphatic carbocycles. The number of likely N-dealkylation sites (N-methyl/N-ethyl adjacent to an activating group) is 1. The number of amides is 1. The summed E-state index contributed by atoms with van der Waals surface area (Å²) < 4.78 is 5.60. The van der Waals surface area contributed by atoms with E-state index in [-0.39, 0.29) is 12.0 Å². The first-order valence-electron chi connectivity index (χ1n) is 6.50. The van der Waals surface area contributed by atoms with Crippen LogP contribution in [0.15, 0.2) is 18.2 Å². The number of rotatable bonds is 3. The third-order valence-corrected chi connectivity index (χ3v) is 3.36. The number of hydrogen-bond acceptors (Lipinski definition) is 4. The number of morpholine rings is 1. The number of nitrogens with zero attached hydrogens (tertiary/aromatic N) is 1. The lowest BCUT2D eigenvalue weighted by Crippen LogP contribution is -2.45. The number of aryl methyl sites for hydroxylation is 1. The molecular formula is C14H21N3O2. The van der Waals surface area contributed by atoms with Crippen molar-refractivity contribution in [2.45, 2.75) is 13.0 Å². The van der Waals surface area contributed by atoms with Crippen LogP contribution in [0.5, 0.6) is 0 Å². The summed E-state index contributed by atoms with van der Waals surface area (Å²) in [6.07, 6.45) is 0.0672. The van der Waals surface area contributed by atoms with E-state index < -0.39 is 0 Å². The lowest BCUT2D eigenvalue weighted by molar-refractivity contribution is -0.0175. The maximum absolute atomic E-state index is 12.0. The Bertz CT molecular complexity index is 462. The summed E-state index contributed by atoms with van der Waals surface area (Å²) in [6.45, 7) is 4.94. The summed E-state index contributed by atoms with van der Waals surface area (Å²) in [5.41, 5.74) is 7.99. The minimum absolute atomic E-state index is 0.0672. The van der Waals surface area contributed by atoms with Gasteiger partial charge in [-0.15, -0.1) is 0 Å². The van der Waals surface area contributed by atoms with E-state index in [1.807, 2.05) is 6.92 Å². The molecule has 0 aromatic heterocycles. The quantitative estimate of drug-likeness (QED) is 0.785. The van der Waals surface area contributed by atoms with Crippen LogP contribution in [-0.2, 0) is 4.74 Å². The Labute approximate surface area is 113 Å². The van der Waals surface area contributed by atoms with Gasteiger partial charge in [0.25, 0.3) is 5.91 Å². The van der Waals surface area contributed by atoms with Crippen molar-refractivity contribution in [2.24, 2.45) is 0 Å². The molecule has 104 valence electrons. The molecular weight excluding hydrogens is 242 g/mol. The second-order valence-electron chi connectivity index (χ2n) is 5.04. The van der Waals surface area contributed by atoms with Crippen LogP contribution in [0.3, 0.4) is 0 Å². The molecule has 0 bridgehead atoms. The van der Waals surface area contributed by atoms with Crippen molar-refractivity contribution in [3.05, 3.63) is 29.3 Å². The minimum atomic E-state index is -0.0834. The fourth-order valence-electron chi connectivity index (χ4n) is 2.12. The highest BCUT2D eigenvalue weighted by Crippen LogP contribution is 2.12. The van der Waals surface area contributed by atoms with Crippen molar-refractivity contribution < 1.29 is 9.53 Å². The van der Waals surface area contributed by atoms with Gasteiger partial charge in [-0.2, -0.15) is 0 Å². The Morgan fingerprint density at radius 2 is 2.37 bits per heavy atom. The second-order valence-corrected chi connectivity index (χ2v) is 5.04. The fraction of sp³-hybridized carbons (Fsp3) is 0.500. The molecule has 0 saturated carbocycles. The van der Waals surface area contributed by atoms with E-state index in [1.54, 1.807) is 18.2 Å². The number of carbonyl (C=O) groups is 1.